The molecule has 5 heteroatoms. The molecule has 5 nitrogen and oxygen atoms in total. The predicted octanol–water partition coefficient (Wildman–Crippen LogP) is 1.49. The van der Waals surface area contributed by atoms with E-state index in [4.69, 9.17) is 5.84 Å². The fraction of sp³-hybridized carbons (Fsp3) is 0.750. The van der Waals surface area contributed by atoms with Gasteiger partial charge in [-0.25, -0.2) is 5.84 Å². The largest absolute Gasteiger partial charge is 0.308 e. The number of nitrogen functional groups attached to an aromatic ring is 1. The van der Waals surface area contributed by atoms with Gasteiger partial charge in [0.05, 0.1) is 5.69 Å². The third-order valence-electron chi connectivity index (χ3n) is 2.94. The SMILES string of the molecule is CCN(Cc1c(C)nn(C)c1NN)CC(C)C. The van der Waals surface area contributed by atoms with E-state index >= 15 is 0 Å². The lowest BCUT2D eigenvalue weighted by Gasteiger charge is -2.22. The Morgan fingerprint density at radius 1 is 1.47 bits per heavy atom. The summed E-state index contributed by atoms with van der Waals surface area (Å²) in [4.78, 5) is 2.41. The molecule has 0 saturated carbocycles. The number of hydrazine groups is 1. The van der Waals surface area contributed by atoms with Crippen molar-refractivity contribution in [2.45, 2.75) is 34.2 Å². The van der Waals surface area contributed by atoms with Crippen molar-refractivity contribution in [1.82, 2.24) is 14.7 Å². The molecule has 0 atom stereocenters. The number of hydrogen-bond acceptors (Lipinski definition) is 4. The number of nitrogens with one attached hydrogen (secondary N) is 1. The van der Waals surface area contributed by atoms with E-state index in [9.17, 15) is 0 Å². The molecule has 0 aliphatic carbocycles. The molecule has 17 heavy (non-hydrogen) atoms. The molecule has 0 radical (unpaired) electrons. The maximum absolute atomic E-state index is 5.55. The summed E-state index contributed by atoms with van der Waals surface area (Å²) in [5, 5.41) is 4.40. The van der Waals surface area contributed by atoms with Crippen LogP contribution in [0.4, 0.5) is 5.82 Å². The van der Waals surface area contributed by atoms with Crippen LogP contribution >= 0.6 is 0 Å². The van der Waals surface area contributed by atoms with Crippen LogP contribution in [0.25, 0.3) is 0 Å². The Morgan fingerprint density at radius 3 is 2.59 bits per heavy atom. The first-order valence-corrected chi connectivity index (χ1v) is 6.21. The summed E-state index contributed by atoms with van der Waals surface area (Å²) in [6.45, 7) is 11.7. The molecule has 0 amide bonds. The maximum Gasteiger partial charge on any atom is 0.142 e. The summed E-state index contributed by atoms with van der Waals surface area (Å²) < 4.78 is 1.80. The number of rotatable bonds is 6. The summed E-state index contributed by atoms with van der Waals surface area (Å²) in [7, 11) is 1.91. The molecule has 1 aromatic heterocycles. The highest BCUT2D eigenvalue weighted by Crippen LogP contribution is 2.20. The zero-order valence-corrected chi connectivity index (χ0v) is 11.6. The minimum Gasteiger partial charge on any atom is -0.308 e. The van der Waals surface area contributed by atoms with Crippen LogP contribution in [0.2, 0.25) is 0 Å². The lowest BCUT2D eigenvalue weighted by molar-refractivity contribution is 0.248. The smallest absolute Gasteiger partial charge is 0.142 e. The van der Waals surface area contributed by atoms with Gasteiger partial charge in [-0.15, -0.1) is 0 Å². The molecule has 1 heterocycles. The van der Waals surface area contributed by atoms with Gasteiger partial charge in [0.25, 0.3) is 0 Å². The average Bonchev–Trinajstić information content (AvgIpc) is 2.51. The molecular formula is C12H25N5. The fourth-order valence-corrected chi connectivity index (χ4v) is 2.12. The lowest BCUT2D eigenvalue weighted by Crippen LogP contribution is -2.28. The fourth-order valence-electron chi connectivity index (χ4n) is 2.12. The van der Waals surface area contributed by atoms with Crippen LogP contribution < -0.4 is 11.3 Å². The Labute approximate surface area is 104 Å². The van der Waals surface area contributed by atoms with Crippen LogP contribution in [0.5, 0.6) is 0 Å². The van der Waals surface area contributed by atoms with Crippen molar-refractivity contribution in [3.05, 3.63) is 11.3 Å². The molecule has 0 aliphatic rings. The van der Waals surface area contributed by atoms with Gasteiger partial charge in [0.1, 0.15) is 5.82 Å². The number of aryl methyl sites for hydroxylation is 2. The van der Waals surface area contributed by atoms with E-state index in [1.165, 1.54) is 5.56 Å². The first kappa shape index (κ1) is 14.0. The van der Waals surface area contributed by atoms with E-state index in [1.807, 2.05) is 14.0 Å². The minimum absolute atomic E-state index is 0.668. The number of anilines is 1. The molecule has 3 N–H and O–H groups in total. The third-order valence-corrected chi connectivity index (χ3v) is 2.94. The molecule has 0 aliphatic heterocycles. The van der Waals surface area contributed by atoms with Crippen molar-refractivity contribution in [2.75, 3.05) is 18.5 Å². The predicted molar refractivity (Wildman–Crippen MR) is 71.5 cm³/mol. The van der Waals surface area contributed by atoms with Gasteiger partial charge in [-0.2, -0.15) is 5.10 Å². The molecule has 0 saturated heterocycles. The van der Waals surface area contributed by atoms with E-state index in [2.05, 4.69) is 36.2 Å². The van der Waals surface area contributed by atoms with Gasteiger partial charge < -0.3 is 5.43 Å². The van der Waals surface area contributed by atoms with Gasteiger partial charge in [0.2, 0.25) is 0 Å². The van der Waals surface area contributed by atoms with E-state index in [0.29, 0.717) is 5.92 Å². The summed E-state index contributed by atoms with van der Waals surface area (Å²) in [6, 6.07) is 0. The minimum atomic E-state index is 0.668. The first-order valence-electron chi connectivity index (χ1n) is 6.21. The first-order chi connectivity index (χ1) is 7.99. The van der Waals surface area contributed by atoms with Gasteiger partial charge in [0, 0.05) is 25.7 Å². The standard InChI is InChI=1S/C12H25N5/c1-6-17(7-9(2)3)8-11-10(4)15-16(5)12(11)14-13/h9,14H,6-8,13H2,1-5H3. The highest BCUT2D eigenvalue weighted by Gasteiger charge is 2.15. The van der Waals surface area contributed by atoms with Crippen molar-refractivity contribution < 1.29 is 0 Å². The van der Waals surface area contributed by atoms with Crippen LogP contribution in [0.15, 0.2) is 0 Å². The van der Waals surface area contributed by atoms with E-state index in [-0.39, 0.29) is 0 Å². The number of hydrogen-bond donors (Lipinski definition) is 2. The lowest BCUT2D eigenvalue weighted by atomic mass is 10.1. The molecule has 1 rings (SSSR count). The molecule has 0 bridgehead atoms. The molecule has 0 aromatic carbocycles. The summed E-state index contributed by atoms with van der Waals surface area (Å²) in [5.41, 5.74) is 4.98. The zero-order valence-electron chi connectivity index (χ0n) is 11.6. The topological polar surface area (TPSA) is 59.1 Å². The highest BCUT2D eigenvalue weighted by molar-refractivity contribution is 5.46. The van der Waals surface area contributed by atoms with E-state index in [0.717, 1.165) is 31.1 Å². The second-order valence-electron chi connectivity index (χ2n) is 4.90. The van der Waals surface area contributed by atoms with Crippen molar-refractivity contribution in [1.29, 1.82) is 0 Å². The average molecular weight is 239 g/mol. The summed E-state index contributed by atoms with van der Waals surface area (Å²) in [6.07, 6.45) is 0. The Balaban J connectivity index is 2.85. The highest BCUT2D eigenvalue weighted by atomic mass is 15.4. The van der Waals surface area contributed by atoms with Crippen LogP contribution in [0, 0.1) is 12.8 Å². The molecule has 0 spiro atoms. The second-order valence-corrected chi connectivity index (χ2v) is 4.90. The quantitative estimate of drug-likeness (QED) is 0.583. The van der Waals surface area contributed by atoms with Crippen LogP contribution in [0.1, 0.15) is 32.0 Å². The zero-order chi connectivity index (χ0) is 13.0. The Kier molecular flexibility index (Phi) is 4.96. The van der Waals surface area contributed by atoms with E-state index < -0.39 is 0 Å². The van der Waals surface area contributed by atoms with Crippen molar-refractivity contribution in [3.63, 3.8) is 0 Å². The number of nitrogens with two attached hydrogens (primary N) is 1. The van der Waals surface area contributed by atoms with Crippen LogP contribution in [-0.4, -0.2) is 27.8 Å². The summed E-state index contributed by atoms with van der Waals surface area (Å²) >= 11 is 0. The summed E-state index contributed by atoms with van der Waals surface area (Å²) in [5.74, 6) is 7.13. The van der Waals surface area contributed by atoms with E-state index in [1.54, 1.807) is 4.68 Å². The molecular weight excluding hydrogens is 214 g/mol. The molecule has 0 unspecified atom stereocenters. The number of nitrogens with zero attached hydrogens (tertiary/aromatic N) is 3. The van der Waals surface area contributed by atoms with Gasteiger partial charge in [-0.1, -0.05) is 20.8 Å². The molecule has 98 valence electrons. The molecule has 1 aromatic rings. The Morgan fingerprint density at radius 2 is 2.12 bits per heavy atom. The maximum atomic E-state index is 5.55. The van der Waals surface area contributed by atoms with Gasteiger partial charge in [-0.3, -0.25) is 9.58 Å². The monoisotopic (exact) mass is 239 g/mol. The van der Waals surface area contributed by atoms with Crippen molar-refractivity contribution in [2.24, 2.45) is 18.8 Å². The van der Waals surface area contributed by atoms with Gasteiger partial charge in [0.15, 0.2) is 0 Å². The van der Waals surface area contributed by atoms with Crippen molar-refractivity contribution in [3.8, 4) is 0 Å². The van der Waals surface area contributed by atoms with Crippen LogP contribution in [-0.2, 0) is 13.6 Å². The normalized spacial score (nSPS) is 11.5. The second kappa shape index (κ2) is 6.02. The third kappa shape index (κ3) is 3.44. The Bertz CT molecular complexity index is 356. The number of aromatic nitrogens is 2. The van der Waals surface area contributed by atoms with Gasteiger partial charge >= 0.3 is 0 Å². The van der Waals surface area contributed by atoms with Gasteiger partial charge in [-0.05, 0) is 19.4 Å². The Hall–Kier alpha value is -1.07. The van der Waals surface area contributed by atoms with Crippen molar-refractivity contribution >= 4 is 5.82 Å². The van der Waals surface area contributed by atoms with Crippen LogP contribution in [0.3, 0.4) is 0 Å². The molecule has 0 fully saturated rings.